The van der Waals surface area contributed by atoms with E-state index in [0.29, 0.717) is 86.4 Å². The second-order valence-electron chi connectivity index (χ2n) is 23.2. The monoisotopic (exact) mass is 1290 g/mol. The fourth-order valence-electron chi connectivity index (χ4n) is 12.0. The molecule has 3 spiro atoms. The predicted molar refractivity (Wildman–Crippen MR) is 346 cm³/mol. The molecule has 0 saturated heterocycles. The van der Waals surface area contributed by atoms with E-state index >= 15 is 0 Å². The van der Waals surface area contributed by atoms with Gasteiger partial charge < -0.3 is 44.7 Å². The van der Waals surface area contributed by atoms with Gasteiger partial charge >= 0.3 is 0 Å². The Morgan fingerprint density at radius 1 is 0.557 bits per heavy atom. The van der Waals surface area contributed by atoms with E-state index in [4.69, 9.17) is 18.9 Å². The molecule has 3 saturated carbocycles. The molecule has 6 N–H and O–H groups in total. The number of carbonyl (C=O) groups is 5. The number of ether oxygens (including phenoxy) is 4. The number of rotatable bonds is 16. The number of aromatic nitrogens is 3. The van der Waals surface area contributed by atoms with Gasteiger partial charge in [0, 0.05) is 110 Å². The van der Waals surface area contributed by atoms with Gasteiger partial charge in [-0.3, -0.25) is 39.9 Å². The molecule has 0 atom stereocenters. The first-order valence-electron chi connectivity index (χ1n) is 30.4. The summed E-state index contributed by atoms with van der Waals surface area (Å²) in [5, 5.41) is 19.3. The topological polar surface area (TPSA) is 240 Å². The zero-order valence-corrected chi connectivity index (χ0v) is 53.7. The molecule has 6 aliphatic rings. The van der Waals surface area contributed by atoms with Crippen molar-refractivity contribution in [1.29, 1.82) is 0 Å². The average Bonchev–Trinajstić information content (AvgIpc) is 4.52. The Balaban J connectivity index is 0.000000180. The van der Waals surface area contributed by atoms with Gasteiger partial charge in [0.2, 0.25) is 29.5 Å². The van der Waals surface area contributed by atoms with Crippen LogP contribution in [-0.4, -0.2) is 112 Å². The molecule has 3 fully saturated rings. The van der Waals surface area contributed by atoms with E-state index in [9.17, 15) is 24.0 Å². The van der Waals surface area contributed by atoms with Crippen molar-refractivity contribution in [2.45, 2.75) is 153 Å². The van der Waals surface area contributed by atoms with Crippen LogP contribution in [-0.2, 0) is 56.7 Å². The van der Waals surface area contributed by atoms with Gasteiger partial charge in [0.05, 0.1) is 44.1 Å². The fourth-order valence-corrected chi connectivity index (χ4v) is 12.4. The zero-order valence-electron chi connectivity index (χ0n) is 51.3. The number of anilines is 3. The smallest absolute Gasteiger partial charge is 0.246 e. The number of hydrogen-bond acceptors (Lipinski definition) is 15. The molecule has 11 rings (SSSR count). The van der Waals surface area contributed by atoms with E-state index in [1.54, 1.807) is 68.9 Å². The number of amides is 5. The summed E-state index contributed by atoms with van der Waals surface area (Å²) in [7, 11) is 6.73. The van der Waals surface area contributed by atoms with Gasteiger partial charge in [0.25, 0.3) is 0 Å². The number of para-hydroxylation sites is 2. The summed E-state index contributed by atoms with van der Waals surface area (Å²) in [6, 6.07) is 17.3. The van der Waals surface area contributed by atoms with Crippen molar-refractivity contribution in [3.8, 4) is 23.0 Å². The number of pyridine rings is 3. The van der Waals surface area contributed by atoms with Gasteiger partial charge in [-0.1, -0.05) is 76.6 Å². The molecule has 2 aromatic carbocycles. The van der Waals surface area contributed by atoms with Crippen molar-refractivity contribution >= 4 is 87.5 Å². The lowest BCUT2D eigenvalue weighted by atomic mass is 9.97. The fraction of sp³-hybridized carbons (Fsp3) is 0.455. The second-order valence-corrected chi connectivity index (χ2v) is 24.1. The van der Waals surface area contributed by atoms with E-state index < -0.39 is 11.1 Å². The zero-order chi connectivity index (χ0) is 61.6. The van der Waals surface area contributed by atoms with Gasteiger partial charge in [0.15, 0.2) is 23.0 Å². The molecule has 20 nitrogen and oxygen atoms in total. The van der Waals surface area contributed by atoms with Gasteiger partial charge in [-0.25, -0.2) is 15.0 Å². The van der Waals surface area contributed by atoms with Crippen molar-refractivity contribution in [1.82, 2.24) is 40.7 Å². The van der Waals surface area contributed by atoms with Crippen molar-refractivity contribution in [3.63, 3.8) is 0 Å². The van der Waals surface area contributed by atoms with Gasteiger partial charge in [-0.15, -0.1) is 12.4 Å². The van der Waals surface area contributed by atoms with Crippen LogP contribution in [0.3, 0.4) is 0 Å². The maximum atomic E-state index is 12.8. The third kappa shape index (κ3) is 15.9. The number of halogens is 2. The summed E-state index contributed by atoms with van der Waals surface area (Å²) in [4.78, 5) is 79.9. The van der Waals surface area contributed by atoms with Gasteiger partial charge in [0.1, 0.15) is 17.5 Å². The van der Waals surface area contributed by atoms with Crippen LogP contribution in [0, 0.1) is 0 Å². The average molecular weight is 1290 g/mol. The highest BCUT2D eigenvalue weighted by atomic mass is 79.9. The van der Waals surface area contributed by atoms with E-state index in [0.717, 1.165) is 133 Å². The molecular formula is C66H83BrClN11O9. The molecule has 3 aliphatic carbocycles. The Hall–Kier alpha value is -7.43. The maximum absolute atomic E-state index is 12.8. The van der Waals surface area contributed by atoms with E-state index in [1.165, 1.54) is 12.2 Å². The van der Waals surface area contributed by atoms with Crippen molar-refractivity contribution in [2.75, 3.05) is 57.5 Å². The van der Waals surface area contributed by atoms with Crippen LogP contribution in [0.15, 0.2) is 89.8 Å². The lowest BCUT2D eigenvalue weighted by Crippen LogP contribution is -2.50. The number of carbonyl (C=O) groups excluding carboxylic acids is 5. The number of benzene rings is 2. The summed E-state index contributed by atoms with van der Waals surface area (Å²) in [5.41, 5.74) is 4.90. The molecule has 470 valence electrons. The minimum atomic E-state index is -0.491. The largest absolute Gasteiger partial charge is 0.493 e. The summed E-state index contributed by atoms with van der Waals surface area (Å²) in [5.74, 6) is 4.32. The summed E-state index contributed by atoms with van der Waals surface area (Å²) in [6.07, 6.45) is 25.1. The van der Waals surface area contributed by atoms with Crippen LogP contribution in [0.25, 0.3) is 12.2 Å². The Kier molecular flexibility index (Phi) is 23.2. The molecule has 3 aromatic heterocycles. The SMILES string of the molecule is CCCOc1c(CN(C)C(=O)/C=C/c2cnc3c(c2)CNC2(CCCC2)C(=O)N3)cccc1OC.CCCOc1c(CN(C)C(=O)/C=C/c2cnc3c(c2)CNC2(CCCC2)C(=O)N3)cccc1OC.Cl.O=C1Nc2ncc(Br)cc2CNC12CCCC2. The molecule has 0 radical (unpaired) electrons. The lowest BCUT2D eigenvalue weighted by Gasteiger charge is -2.26. The van der Waals surface area contributed by atoms with E-state index in [2.05, 4.69) is 62.8 Å². The number of hydrogen-bond donors (Lipinski definition) is 6. The van der Waals surface area contributed by atoms with Gasteiger partial charge in [-0.2, -0.15) is 0 Å². The summed E-state index contributed by atoms with van der Waals surface area (Å²) >= 11 is 3.40. The Morgan fingerprint density at radius 2 is 0.909 bits per heavy atom. The van der Waals surface area contributed by atoms with E-state index in [-0.39, 0.29) is 47.5 Å². The molecular weight excluding hydrogens is 1210 g/mol. The number of likely N-dealkylation sites (N-methyl/N-ethyl adjacent to an activating group) is 2. The van der Waals surface area contributed by atoms with Crippen LogP contribution in [0.4, 0.5) is 17.5 Å². The van der Waals surface area contributed by atoms with Crippen LogP contribution in [0.2, 0.25) is 0 Å². The molecule has 5 amide bonds. The second kappa shape index (κ2) is 30.7. The van der Waals surface area contributed by atoms with Gasteiger partial charge in [-0.05, 0) is 121 Å². The Morgan fingerprint density at radius 3 is 1.26 bits per heavy atom. The standard InChI is InChI=1S/2C27H34N4O4.C12H14BrN3O.ClH/c2*1-4-14-35-24-20(8-7-9-22(24)34-3)18-31(2)23(32)11-10-19-15-21-17-29-27(12-5-6-13-27)26(33)30-25(21)28-16-19;13-9-5-8-6-15-12(3-1-2-4-12)11(17)16-10(8)14-7-9;/h2*7-11,15-16,29H,4-6,12-14,17-18H2,1-3H3,(H,28,30,33);5,7,15H,1-4,6H2,(H,14,16,17);1H/b2*11-10+;;. The first-order valence-corrected chi connectivity index (χ1v) is 31.2. The molecule has 3 aliphatic heterocycles. The van der Waals surface area contributed by atoms with Crippen LogP contribution in [0.5, 0.6) is 23.0 Å². The first-order chi connectivity index (χ1) is 42.1. The van der Waals surface area contributed by atoms with Crippen LogP contribution in [0.1, 0.15) is 143 Å². The Labute approximate surface area is 530 Å². The Bertz CT molecular complexity index is 3190. The number of nitrogens with one attached hydrogen (secondary N) is 6. The highest BCUT2D eigenvalue weighted by molar-refractivity contribution is 9.10. The molecule has 5 aromatic rings. The normalized spacial score (nSPS) is 17.5. The molecule has 22 heteroatoms. The van der Waals surface area contributed by atoms with Crippen molar-refractivity contribution in [3.05, 3.63) is 129 Å². The number of methoxy groups -OCH3 is 2. The highest BCUT2D eigenvalue weighted by Crippen LogP contribution is 2.38. The predicted octanol–water partition coefficient (Wildman–Crippen LogP) is 10.4. The molecule has 6 heterocycles. The third-order valence-electron chi connectivity index (χ3n) is 17.0. The molecule has 0 unspecified atom stereocenters. The lowest BCUT2D eigenvalue weighted by molar-refractivity contribution is -0.126. The third-order valence-corrected chi connectivity index (χ3v) is 17.4. The highest BCUT2D eigenvalue weighted by Gasteiger charge is 2.45. The first kappa shape index (κ1) is 66.5. The number of fused-ring (bicyclic) bond motifs is 3. The maximum Gasteiger partial charge on any atom is 0.246 e. The van der Waals surface area contributed by atoms with Crippen molar-refractivity contribution < 1.29 is 42.9 Å². The van der Waals surface area contributed by atoms with Crippen molar-refractivity contribution in [2.24, 2.45) is 0 Å². The number of nitrogens with zero attached hydrogens (tertiary/aromatic N) is 5. The molecule has 88 heavy (non-hydrogen) atoms. The van der Waals surface area contributed by atoms with Crippen LogP contribution >= 0.6 is 28.3 Å². The quantitative estimate of drug-likeness (QED) is 0.0504. The summed E-state index contributed by atoms with van der Waals surface area (Å²) < 4.78 is 23.6. The molecule has 0 bridgehead atoms. The van der Waals surface area contributed by atoms with E-state index in [1.807, 2.05) is 68.4 Å². The summed E-state index contributed by atoms with van der Waals surface area (Å²) in [6.45, 7) is 7.84. The minimum absolute atomic E-state index is 0. The van der Waals surface area contributed by atoms with Crippen LogP contribution < -0.4 is 50.8 Å². The minimum Gasteiger partial charge on any atom is -0.493 e.